The summed E-state index contributed by atoms with van der Waals surface area (Å²) in [4.78, 5) is 43.5. The third kappa shape index (κ3) is 5.85. The van der Waals surface area contributed by atoms with Crippen LogP contribution in [0.1, 0.15) is 67.6 Å². The van der Waals surface area contributed by atoms with Gasteiger partial charge in [0.25, 0.3) is 6.43 Å². The number of ether oxygens (including phenoxy) is 2. The van der Waals surface area contributed by atoms with E-state index in [1.807, 2.05) is 0 Å². The van der Waals surface area contributed by atoms with Crippen LogP contribution in [-0.4, -0.2) is 82.4 Å². The zero-order valence-electron chi connectivity index (χ0n) is 24.9. The molecule has 1 aromatic heterocycles. The molecule has 1 saturated heterocycles. The first kappa shape index (κ1) is 32.0. The van der Waals surface area contributed by atoms with E-state index in [2.05, 4.69) is 15.6 Å². The van der Waals surface area contributed by atoms with E-state index >= 15 is 4.39 Å². The summed E-state index contributed by atoms with van der Waals surface area (Å²) in [5.74, 6) is -2.58. The monoisotopic (exact) mass is 640 g/mol. The van der Waals surface area contributed by atoms with Crippen molar-refractivity contribution in [1.82, 2.24) is 30.1 Å². The van der Waals surface area contributed by atoms with Crippen LogP contribution >= 0.6 is 11.6 Å². The Morgan fingerprint density at radius 1 is 1.30 bits per heavy atom. The molecule has 1 saturated carbocycles. The van der Waals surface area contributed by atoms with Gasteiger partial charge in [0.15, 0.2) is 11.6 Å². The lowest BCUT2D eigenvalue weighted by Crippen LogP contribution is -2.55. The number of benzene rings is 1. The summed E-state index contributed by atoms with van der Waals surface area (Å²) in [5.41, 5.74) is -0.804. The molecule has 11 nitrogen and oxygen atoms in total. The number of fused-ring (bicyclic) bond motifs is 1. The van der Waals surface area contributed by atoms with Gasteiger partial charge in [0.2, 0.25) is 17.7 Å². The highest BCUT2D eigenvalue weighted by Crippen LogP contribution is 2.47. The smallest absolute Gasteiger partial charge is 0.282 e. The number of nitrogens with zero attached hydrogens (tertiary/aromatic N) is 5. The first-order valence-corrected chi connectivity index (χ1v) is 15.0. The number of halogens is 4. The second-order valence-corrected chi connectivity index (χ2v) is 12.1. The Balaban J connectivity index is 1.58. The molecule has 5 rings (SSSR count). The minimum atomic E-state index is -2.89. The first-order valence-electron chi connectivity index (χ1n) is 14.7. The molecule has 15 heteroatoms. The predicted octanol–water partition coefficient (Wildman–Crippen LogP) is 3.35. The topological polar surface area (TPSA) is 119 Å². The standard InChI is InChI=1S/C29H36ClF3N6O5/c1-29(28(42)34-2)8-5-4-6-17(29)27(41)39-9-7-16-18(30)12-19(31)25(44-14-20-24(26(32)33)37(3)36-35-20)23(16)21(39)13-38-10-11-43-15-22(38)40/h12,17,21,26H,4-11,13-15H2,1-3H3,(H,34,42)/t17-,21+,29-/m0/s1. The van der Waals surface area contributed by atoms with Crippen LogP contribution in [-0.2, 0) is 39.2 Å². The molecule has 0 unspecified atom stereocenters. The van der Waals surface area contributed by atoms with Gasteiger partial charge in [0, 0.05) is 44.3 Å². The number of rotatable bonds is 8. The Hall–Kier alpha value is -3.39. The number of aryl methyl sites for hydroxylation is 1. The van der Waals surface area contributed by atoms with E-state index in [4.69, 9.17) is 21.1 Å². The molecule has 3 amide bonds. The van der Waals surface area contributed by atoms with Gasteiger partial charge in [0.05, 0.1) is 24.0 Å². The van der Waals surface area contributed by atoms with E-state index in [-0.39, 0.29) is 79.0 Å². The van der Waals surface area contributed by atoms with Crippen molar-refractivity contribution in [2.24, 2.45) is 18.4 Å². The van der Waals surface area contributed by atoms with E-state index in [1.165, 1.54) is 7.05 Å². The molecule has 2 aromatic rings. The third-order valence-corrected chi connectivity index (χ3v) is 9.49. The second-order valence-electron chi connectivity index (χ2n) is 11.7. The highest BCUT2D eigenvalue weighted by molar-refractivity contribution is 6.31. The molecule has 3 aliphatic rings. The van der Waals surface area contributed by atoms with Crippen LogP contribution in [0.25, 0.3) is 0 Å². The number of amides is 3. The number of hydrogen-bond acceptors (Lipinski definition) is 7. The Bertz CT molecular complexity index is 1440. The fraction of sp³-hybridized carbons (Fsp3) is 0.621. The van der Waals surface area contributed by atoms with Crippen LogP contribution in [0.4, 0.5) is 13.2 Å². The van der Waals surface area contributed by atoms with Crippen molar-refractivity contribution in [3.05, 3.63) is 39.4 Å². The molecule has 2 aliphatic heterocycles. The van der Waals surface area contributed by atoms with E-state index in [9.17, 15) is 23.2 Å². The van der Waals surface area contributed by atoms with Gasteiger partial charge >= 0.3 is 0 Å². The fourth-order valence-electron chi connectivity index (χ4n) is 6.77. The Kier molecular flexibility index (Phi) is 9.40. The zero-order valence-corrected chi connectivity index (χ0v) is 25.6. The van der Waals surface area contributed by atoms with Crippen molar-refractivity contribution < 1.29 is 37.0 Å². The average molecular weight is 641 g/mol. The van der Waals surface area contributed by atoms with E-state index in [0.29, 0.717) is 18.4 Å². The Morgan fingerprint density at radius 3 is 2.77 bits per heavy atom. The molecule has 2 fully saturated rings. The van der Waals surface area contributed by atoms with Gasteiger partial charge < -0.3 is 24.6 Å². The van der Waals surface area contributed by atoms with Crippen molar-refractivity contribution in [2.45, 2.75) is 58.1 Å². The van der Waals surface area contributed by atoms with Crippen LogP contribution in [0.2, 0.25) is 5.02 Å². The third-order valence-electron chi connectivity index (χ3n) is 9.16. The summed E-state index contributed by atoms with van der Waals surface area (Å²) in [6, 6.07) is 0.197. The van der Waals surface area contributed by atoms with Crippen molar-refractivity contribution >= 4 is 29.3 Å². The number of alkyl halides is 2. The quantitative estimate of drug-likeness (QED) is 0.470. The number of morpholine rings is 1. The SMILES string of the molecule is CNC(=O)[C@@]1(C)CCCC[C@H]1C(=O)N1CCc2c(Cl)cc(F)c(OCc3nnn(C)c3C(F)F)c2[C@H]1CN1CCOCC1=O. The second kappa shape index (κ2) is 12.9. The van der Waals surface area contributed by atoms with E-state index in [0.717, 1.165) is 23.6 Å². The Labute approximate surface area is 258 Å². The largest absolute Gasteiger partial charge is 0.484 e. The summed E-state index contributed by atoms with van der Waals surface area (Å²) >= 11 is 6.55. The minimum Gasteiger partial charge on any atom is -0.484 e. The first-order chi connectivity index (χ1) is 21.0. The molecular formula is C29H36ClF3N6O5. The van der Waals surface area contributed by atoms with Crippen LogP contribution in [0.5, 0.6) is 5.75 Å². The zero-order chi connectivity index (χ0) is 31.8. The molecule has 0 bridgehead atoms. The summed E-state index contributed by atoms with van der Waals surface area (Å²) in [6.45, 7) is 1.87. The molecule has 240 valence electrons. The number of hydrogen-bond donors (Lipinski definition) is 1. The van der Waals surface area contributed by atoms with Gasteiger partial charge in [-0.1, -0.05) is 29.7 Å². The molecular weight excluding hydrogens is 605 g/mol. The normalized spacial score (nSPS) is 24.0. The van der Waals surface area contributed by atoms with Crippen LogP contribution < -0.4 is 10.1 Å². The maximum Gasteiger partial charge on any atom is 0.282 e. The predicted molar refractivity (Wildman–Crippen MR) is 151 cm³/mol. The van der Waals surface area contributed by atoms with Crippen LogP contribution in [0.15, 0.2) is 6.07 Å². The lowest BCUT2D eigenvalue weighted by atomic mass is 9.66. The summed E-state index contributed by atoms with van der Waals surface area (Å²) in [7, 11) is 2.86. The highest BCUT2D eigenvalue weighted by atomic mass is 35.5. The maximum atomic E-state index is 15.7. The molecule has 3 atom stereocenters. The minimum absolute atomic E-state index is 0.00604. The van der Waals surface area contributed by atoms with Crippen LogP contribution in [0, 0.1) is 17.2 Å². The molecule has 0 radical (unpaired) electrons. The number of carbonyl (C=O) groups excluding carboxylic acids is 3. The summed E-state index contributed by atoms with van der Waals surface area (Å²) < 4.78 is 55.3. The van der Waals surface area contributed by atoms with E-state index < -0.39 is 41.9 Å². The van der Waals surface area contributed by atoms with Crippen molar-refractivity contribution in [1.29, 1.82) is 0 Å². The van der Waals surface area contributed by atoms with Gasteiger partial charge in [-0.3, -0.25) is 14.4 Å². The van der Waals surface area contributed by atoms with Crippen LogP contribution in [0.3, 0.4) is 0 Å². The maximum absolute atomic E-state index is 15.7. The average Bonchev–Trinajstić information content (AvgIpc) is 3.37. The molecule has 0 spiro atoms. The molecule has 1 aliphatic carbocycles. The summed E-state index contributed by atoms with van der Waals surface area (Å²) in [5, 5.41) is 10.2. The lowest BCUT2D eigenvalue weighted by molar-refractivity contribution is -0.154. The number of aromatic nitrogens is 3. The van der Waals surface area contributed by atoms with Crippen molar-refractivity contribution in [3.63, 3.8) is 0 Å². The molecule has 3 heterocycles. The van der Waals surface area contributed by atoms with Gasteiger partial charge in [0.1, 0.15) is 24.6 Å². The number of carbonyl (C=O) groups is 3. The van der Waals surface area contributed by atoms with Gasteiger partial charge in [-0.25, -0.2) is 17.9 Å². The molecule has 1 aromatic carbocycles. The highest BCUT2D eigenvalue weighted by Gasteiger charge is 2.49. The number of nitrogens with one attached hydrogen (secondary N) is 1. The fourth-order valence-corrected chi connectivity index (χ4v) is 7.06. The molecule has 1 N–H and O–H groups in total. The summed E-state index contributed by atoms with van der Waals surface area (Å²) in [6.07, 6.45) is -0.0637. The van der Waals surface area contributed by atoms with Gasteiger partial charge in [-0.05, 0) is 37.8 Å². The Morgan fingerprint density at radius 2 is 2.07 bits per heavy atom. The van der Waals surface area contributed by atoms with Gasteiger partial charge in [-0.15, -0.1) is 5.10 Å². The van der Waals surface area contributed by atoms with Crippen molar-refractivity contribution in [3.8, 4) is 5.75 Å². The van der Waals surface area contributed by atoms with Gasteiger partial charge in [-0.2, -0.15) is 0 Å². The molecule has 44 heavy (non-hydrogen) atoms. The lowest BCUT2D eigenvalue weighted by Gasteiger charge is -2.46. The van der Waals surface area contributed by atoms with Crippen molar-refractivity contribution in [2.75, 3.05) is 39.9 Å². The van der Waals surface area contributed by atoms with E-state index in [1.54, 1.807) is 23.8 Å².